The van der Waals surface area contributed by atoms with Crippen molar-refractivity contribution in [3.63, 3.8) is 0 Å². The predicted molar refractivity (Wildman–Crippen MR) is 127 cm³/mol. The Labute approximate surface area is 214 Å². The Morgan fingerprint density at radius 3 is 1.92 bits per heavy atom. The van der Waals surface area contributed by atoms with E-state index in [0.29, 0.717) is 30.1 Å². The van der Waals surface area contributed by atoms with Crippen LogP contribution in [0.5, 0.6) is 5.75 Å². The van der Waals surface area contributed by atoms with Gasteiger partial charge in [-0.15, -0.1) is 0 Å². The van der Waals surface area contributed by atoms with Crippen molar-refractivity contribution in [1.29, 1.82) is 0 Å². The zero-order valence-corrected chi connectivity index (χ0v) is 20.6. The molecule has 1 N–H and O–H groups in total. The van der Waals surface area contributed by atoms with Crippen LogP contribution in [0.3, 0.4) is 0 Å². The van der Waals surface area contributed by atoms with E-state index in [1.807, 2.05) is 5.32 Å². The third-order valence-electron chi connectivity index (χ3n) is 5.17. The largest absolute Gasteiger partial charge is 0.494 e. The molecule has 3 aromatic rings. The number of nitrogens with zero attached hydrogens (tertiary/aromatic N) is 1. The van der Waals surface area contributed by atoms with Crippen LogP contribution in [0.2, 0.25) is 0 Å². The zero-order valence-electron chi connectivity index (χ0n) is 19.8. The molecule has 3 aromatic carbocycles. The number of carbonyl (C=O) groups excluding carboxylic acids is 1. The third kappa shape index (κ3) is 7.48. The molecule has 0 aliphatic rings. The summed E-state index contributed by atoms with van der Waals surface area (Å²) in [5, 5.41) is 1.97. The van der Waals surface area contributed by atoms with Crippen molar-refractivity contribution in [3.8, 4) is 5.75 Å². The highest BCUT2D eigenvalue weighted by molar-refractivity contribution is 7.89. The smallest absolute Gasteiger partial charge is 0.416 e. The summed E-state index contributed by atoms with van der Waals surface area (Å²) in [6.45, 7) is 0.910. The van der Waals surface area contributed by atoms with Gasteiger partial charge in [-0.05, 0) is 55.0 Å². The van der Waals surface area contributed by atoms with Crippen LogP contribution >= 0.6 is 0 Å². The number of carbonyl (C=O) groups is 1. The van der Waals surface area contributed by atoms with Crippen molar-refractivity contribution in [2.24, 2.45) is 0 Å². The Balaban J connectivity index is 1.92. The summed E-state index contributed by atoms with van der Waals surface area (Å²) in [6.07, 6.45) is -10.2. The first-order chi connectivity index (χ1) is 17.7. The van der Waals surface area contributed by atoms with Gasteiger partial charge in [0.25, 0.3) is 0 Å². The number of nitrogens with one attached hydrogen (secondary N) is 1. The van der Waals surface area contributed by atoms with Crippen LogP contribution in [0, 0.1) is 0 Å². The van der Waals surface area contributed by atoms with Crippen LogP contribution in [-0.2, 0) is 33.7 Å². The number of halogens is 6. The van der Waals surface area contributed by atoms with E-state index in [0.717, 1.165) is 4.31 Å². The maximum atomic E-state index is 13.4. The number of ether oxygens (including phenoxy) is 1. The third-order valence-corrected chi connectivity index (χ3v) is 6.97. The first-order valence-electron chi connectivity index (χ1n) is 11.1. The SMILES string of the molecule is CCOc1ccc(S(=O)(=O)N(CC(=O)Nc2cc(C(F)(F)F)cc(C(F)(F)F)c2)Cc2ccccc2)cc1. The molecule has 0 atom stereocenters. The van der Waals surface area contributed by atoms with E-state index in [2.05, 4.69) is 0 Å². The van der Waals surface area contributed by atoms with Crippen molar-refractivity contribution in [1.82, 2.24) is 4.31 Å². The molecular formula is C25H22F6N2O4S. The minimum Gasteiger partial charge on any atom is -0.494 e. The molecule has 3 rings (SSSR count). The monoisotopic (exact) mass is 560 g/mol. The van der Waals surface area contributed by atoms with Crippen LogP contribution in [0.25, 0.3) is 0 Å². The number of rotatable bonds is 9. The Hall–Kier alpha value is -3.58. The molecule has 204 valence electrons. The normalized spacial score (nSPS) is 12.4. The Bertz CT molecular complexity index is 1330. The highest BCUT2D eigenvalue weighted by Gasteiger charge is 2.37. The predicted octanol–water partition coefficient (Wildman–Crippen LogP) is 5.95. The van der Waals surface area contributed by atoms with Crippen molar-refractivity contribution in [3.05, 3.63) is 89.5 Å². The standard InChI is InChI=1S/C25H22F6N2O4S/c1-2-37-21-8-10-22(11-9-21)38(35,36)33(15-17-6-4-3-5-7-17)16-23(34)32-20-13-18(24(26,27)28)12-19(14-20)25(29,30)31/h3-14H,2,15-16H2,1H3,(H,32,34). The van der Waals surface area contributed by atoms with Gasteiger partial charge >= 0.3 is 12.4 Å². The van der Waals surface area contributed by atoms with Gasteiger partial charge in [-0.3, -0.25) is 4.79 Å². The second kappa shape index (κ2) is 11.4. The molecule has 38 heavy (non-hydrogen) atoms. The Morgan fingerprint density at radius 1 is 0.868 bits per heavy atom. The maximum Gasteiger partial charge on any atom is 0.416 e. The van der Waals surface area contributed by atoms with Crippen LogP contribution in [0.4, 0.5) is 32.0 Å². The van der Waals surface area contributed by atoms with Crippen LogP contribution in [-0.4, -0.2) is 31.8 Å². The number of sulfonamides is 1. The van der Waals surface area contributed by atoms with Crippen LogP contribution in [0.1, 0.15) is 23.6 Å². The van der Waals surface area contributed by atoms with E-state index in [4.69, 9.17) is 4.74 Å². The fraction of sp³-hybridized carbons (Fsp3) is 0.240. The molecule has 0 aromatic heterocycles. The van der Waals surface area contributed by atoms with Gasteiger partial charge in [-0.1, -0.05) is 30.3 Å². The molecule has 0 radical (unpaired) electrons. The fourth-order valence-electron chi connectivity index (χ4n) is 3.42. The number of hydrogen-bond acceptors (Lipinski definition) is 4. The molecule has 0 saturated carbocycles. The Morgan fingerprint density at radius 2 is 1.42 bits per heavy atom. The highest BCUT2D eigenvalue weighted by atomic mass is 32.2. The highest BCUT2D eigenvalue weighted by Crippen LogP contribution is 2.37. The average molecular weight is 561 g/mol. The summed E-state index contributed by atoms with van der Waals surface area (Å²) >= 11 is 0. The molecule has 0 aliphatic carbocycles. The number of hydrogen-bond donors (Lipinski definition) is 1. The molecule has 6 nitrogen and oxygen atoms in total. The lowest BCUT2D eigenvalue weighted by atomic mass is 10.1. The van der Waals surface area contributed by atoms with Gasteiger partial charge in [0.15, 0.2) is 0 Å². The molecule has 13 heteroatoms. The lowest BCUT2D eigenvalue weighted by Gasteiger charge is -2.22. The van der Waals surface area contributed by atoms with E-state index in [9.17, 15) is 39.6 Å². The van der Waals surface area contributed by atoms with E-state index in [-0.39, 0.29) is 17.5 Å². The van der Waals surface area contributed by atoms with Crippen molar-refractivity contribution in [2.45, 2.75) is 30.7 Å². The van der Waals surface area contributed by atoms with Crippen molar-refractivity contribution < 1.29 is 44.3 Å². The van der Waals surface area contributed by atoms with E-state index >= 15 is 0 Å². The molecule has 0 unspecified atom stereocenters. The number of alkyl halides is 6. The summed E-state index contributed by atoms with van der Waals surface area (Å²) in [5.41, 5.74) is -3.53. The molecule has 1 amide bonds. The molecular weight excluding hydrogens is 538 g/mol. The quantitative estimate of drug-likeness (QED) is 0.328. The minimum absolute atomic E-state index is 0.0757. The molecule has 0 saturated heterocycles. The van der Waals surface area contributed by atoms with Gasteiger partial charge in [0.05, 0.1) is 29.2 Å². The summed E-state index contributed by atoms with van der Waals surface area (Å²) < 4.78 is 112. The van der Waals surface area contributed by atoms with Gasteiger partial charge in [0, 0.05) is 12.2 Å². The van der Waals surface area contributed by atoms with Gasteiger partial charge in [-0.25, -0.2) is 8.42 Å². The van der Waals surface area contributed by atoms with Crippen molar-refractivity contribution >= 4 is 21.6 Å². The van der Waals surface area contributed by atoms with Crippen LogP contribution in [0.15, 0.2) is 77.7 Å². The topological polar surface area (TPSA) is 75.7 Å². The van der Waals surface area contributed by atoms with E-state index < -0.39 is 51.6 Å². The summed E-state index contributed by atoms with van der Waals surface area (Å²) in [6, 6.07) is 14.1. The first-order valence-corrected chi connectivity index (χ1v) is 12.5. The summed E-state index contributed by atoms with van der Waals surface area (Å²) in [7, 11) is -4.32. The second-order valence-electron chi connectivity index (χ2n) is 8.01. The number of anilines is 1. The summed E-state index contributed by atoms with van der Waals surface area (Å²) in [5.74, 6) is -0.730. The van der Waals surface area contributed by atoms with Crippen LogP contribution < -0.4 is 10.1 Å². The Kier molecular flexibility index (Phi) is 8.72. The lowest BCUT2D eigenvalue weighted by Crippen LogP contribution is -2.37. The van der Waals surface area contributed by atoms with E-state index in [1.54, 1.807) is 37.3 Å². The molecule has 0 spiro atoms. The van der Waals surface area contributed by atoms with Gasteiger partial charge in [0.1, 0.15) is 5.75 Å². The minimum atomic E-state index is -5.11. The van der Waals surface area contributed by atoms with Gasteiger partial charge < -0.3 is 10.1 Å². The average Bonchev–Trinajstić information content (AvgIpc) is 2.83. The second-order valence-corrected chi connectivity index (χ2v) is 9.94. The molecule has 0 heterocycles. The van der Waals surface area contributed by atoms with Gasteiger partial charge in [0.2, 0.25) is 15.9 Å². The summed E-state index contributed by atoms with van der Waals surface area (Å²) in [4.78, 5) is 12.6. The lowest BCUT2D eigenvalue weighted by molar-refractivity contribution is -0.143. The van der Waals surface area contributed by atoms with Crippen molar-refractivity contribution in [2.75, 3.05) is 18.5 Å². The molecule has 0 aliphatic heterocycles. The zero-order chi connectivity index (χ0) is 28.1. The molecule has 0 fully saturated rings. The number of benzene rings is 3. The maximum absolute atomic E-state index is 13.4. The van der Waals surface area contributed by atoms with E-state index in [1.165, 1.54) is 24.3 Å². The first kappa shape index (κ1) is 29.0. The fourth-order valence-corrected chi connectivity index (χ4v) is 4.81. The number of amides is 1. The molecule has 0 bridgehead atoms. The van der Waals surface area contributed by atoms with Gasteiger partial charge in [-0.2, -0.15) is 30.6 Å².